The predicted octanol–water partition coefficient (Wildman–Crippen LogP) is 0.929. The number of rotatable bonds is 7. The molecule has 0 aliphatic carbocycles. The van der Waals surface area contributed by atoms with Crippen molar-refractivity contribution in [2.45, 2.75) is 38.6 Å². The SMILES string of the molecule is CCCCN(CC1CCCN1)C(=O)CN(C)C. The highest BCUT2D eigenvalue weighted by Crippen LogP contribution is 2.08. The molecule has 0 aromatic carbocycles. The van der Waals surface area contributed by atoms with E-state index in [9.17, 15) is 4.79 Å². The average Bonchev–Trinajstić information content (AvgIpc) is 2.75. The second-order valence-corrected chi connectivity index (χ2v) is 5.22. The molecule has 1 N–H and O–H groups in total. The van der Waals surface area contributed by atoms with Crippen molar-refractivity contribution in [2.75, 3.05) is 40.3 Å². The van der Waals surface area contributed by atoms with Gasteiger partial charge in [0.1, 0.15) is 0 Å². The van der Waals surface area contributed by atoms with Crippen molar-refractivity contribution in [1.29, 1.82) is 0 Å². The summed E-state index contributed by atoms with van der Waals surface area (Å²) in [6.45, 7) is 5.58. The van der Waals surface area contributed by atoms with Gasteiger partial charge in [-0.2, -0.15) is 0 Å². The predicted molar refractivity (Wildman–Crippen MR) is 71.1 cm³/mol. The molecule has 1 amide bonds. The number of nitrogens with one attached hydrogen (secondary N) is 1. The van der Waals surface area contributed by atoms with Gasteiger partial charge < -0.3 is 15.1 Å². The van der Waals surface area contributed by atoms with E-state index >= 15 is 0 Å². The van der Waals surface area contributed by atoms with Gasteiger partial charge in [-0.3, -0.25) is 4.79 Å². The Morgan fingerprint density at radius 1 is 1.41 bits per heavy atom. The molecule has 0 spiro atoms. The van der Waals surface area contributed by atoms with Crippen LogP contribution in [0.5, 0.6) is 0 Å². The summed E-state index contributed by atoms with van der Waals surface area (Å²) in [5.74, 6) is 0.261. The van der Waals surface area contributed by atoms with E-state index in [0.29, 0.717) is 12.6 Å². The molecule has 4 heteroatoms. The minimum absolute atomic E-state index is 0.261. The Kier molecular flexibility index (Phi) is 6.52. The van der Waals surface area contributed by atoms with Crippen LogP contribution in [0.3, 0.4) is 0 Å². The van der Waals surface area contributed by atoms with E-state index in [1.807, 2.05) is 23.9 Å². The molecule has 1 saturated heterocycles. The summed E-state index contributed by atoms with van der Waals surface area (Å²) in [6.07, 6.45) is 4.70. The first kappa shape index (κ1) is 14.5. The summed E-state index contributed by atoms with van der Waals surface area (Å²) >= 11 is 0. The Hall–Kier alpha value is -0.610. The molecular formula is C13H27N3O. The van der Waals surface area contributed by atoms with Crippen molar-refractivity contribution in [3.63, 3.8) is 0 Å². The van der Waals surface area contributed by atoms with Crippen molar-refractivity contribution in [3.05, 3.63) is 0 Å². The molecule has 1 heterocycles. The molecule has 0 aromatic heterocycles. The zero-order valence-electron chi connectivity index (χ0n) is 11.5. The molecule has 1 fully saturated rings. The monoisotopic (exact) mass is 241 g/mol. The van der Waals surface area contributed by atoms with Crippen LogP contribution in [0, 0.1) is 0 Å². The number of carbonyl (C=O) groups is 1. The van der Waals surface area contributed by atoms with Gasteiger partial charge >= 0.3 is 0 Å². The van der Waals surface area contributed by atoms with Gasteiger partial charge in [0.05, 0.1) is 6.54 Å². The van der Waals surface area contributed by atoms with Crippen molar-refractivity contribution in [1.82, 2.24) is 15.1 Å². The lowest BCUT2D eigenvalue weighted by Gasteiger charge is -2.27. The number of likely N-dealkylation sites (N-methyl/N-ethyl adjacent to an activating group) is 1. The number of hydrogen-bond acceptors (Lipinski definition) is 3. The molecule has 0 aromatic rings. The number of amides is 1. The van der Waals surface area contributed by atoms with Crippen LogP contribution >= 0.6 is 0 Å². The average molecular weight is 241 g/mol. The normalized spacial score (nSPS) is 19.9. The fourth-order valence-electron chi connectivity index (χ4n) is 2.22. The topological polar surface area (TPSA) is 35.6 Å². The van der Waals surface area contributed by atoms with Gasteiger partial charge in [0.25, 0.3) is 0 Å². The van der Waals surface area contributed by atoms with Gasteiger partial charge in [0.2, 0.25) is 5.91 Å². The minimum atomic E-state index is 0.261. The molecule has 1 atom stereocenters. The fourth-order valence-corrected chi connectivity index (χ4v) is 2.22. The Morgan fingerprint density at radius 3 is 2.71 bits per heavy atom. The summed E-state index contributed by atoms with van der Waals surface area (Å²) in [5, 5.41) is 3.46. The van der Waals surface area contributed by atoms with Crippen molar-refractivity contribution < 1.29 is 4.79 Å². The summed E-state index contributed by atoms with van der Waals surface area (Å²) in [5.41, 5.74) is 0. The minimum Gasteiger partial charge on any atom is -0.340 e. The second kappa shape index (κ2) is 7.67. The van der Waals surface area contributed by atoms with E-state index in [1.54, 1.807) is 0 Å². The molecule has 17 heavy (non-hydrogen) atoms. The van der Waals surface area contributed by atoms with Gasteiger partial charge in [-0.25, -0.2) is 0 Å². The van der Waals surface area contributed by atoms with Gasteiger partial charge in [0.15, 0.2) is 0 Å². The Labute approximate surface area is 105 Å². The van der Waals surface area contributed by atoms with Crippen LogP contribution < -0.4 is 5.32 Å². The van der Waals surface area contributed by atoms with Gasteiger partial charge in [-0.1, -0.05) is 13.3 Å². The highest BCUT2D eigenvalue weighted by molar-refractivity contribution is 5.78. The number of hydrogen-bond donors (Lipinski definition) is 1. The van der Waals surface area contributed by atoms with Crippen LogP contribution in [0.2, 0.25) is 0 Å². The third-order valence-electron chi connectivity index (χ3n) is 3.19. The van der Waals surface area contributed by atoms with Crippen LogP contribution in [0.15, 0.2) is 0 Å². The molecule has 4 nitrogen and oxygen atoms in total. The second-order valence-electron chi connectivity index (χ2n) is 5.22. The lowest BCUT2D eigenvalue weighted by Crippen LogP contribution is -2.44. The first-order valence-corrected chi connectivity index (χ1v) is 6.79. The zero-order valence-corrected chi connectivity index (χ0v) is 11.5. The van der Waals surface area contributed by atoms with Crippen LogP contribution in [-0.2, 0) is 4.79 Å². The Bertz CT molecular complexity index is 225. The summed E-state index contributed by atoms with van der Waals surface area (Å²) in [6, 6.07) is 0.512. The molecule has 1 rings (SSSR count). The lowest BCUT2D eigenvalue weighted by molar-refractivity contribution is -0.132. The van der Waals surface area contributed by atoms with Crippen molar-refractivity contribution >= 4 is 5.91 Å². The first-order valence-electron chi connectivity index (χ1n) is 6.79. The van der Waals surface area contributed by atoms with E-state index in [0.717, 1.165) is 32.5 Å². The highest BCUT2D eigenvalue weighted by atomic mass is 16.2. The maximum Gasteiger partial charge on any atom is 0.236 e. The molecule has 0 bridgehead atoms. The smallest absolute Gasteiger partial charge is 0.236 e. The van der Waals surface area contributed by atoms with Gasteiger partial charge in [-0.15, -0.1) is 0 Å². The largest absolute Gasteiger partial charge is 0.340 e. The molecule has 0 saturated carbocycles. The third-order valence-corrected chi connectivity index (χ3v) is 3.19. The molecule has 1 aliphatic heterocycles. The van der Waals surface area contributed by atoms with Gasteiger partial charge in [0, 0.05) is 19.1 Å². The maximum atomic E-state index is 12.1. The molecule has 0 radical (unpaired) electrons. The van der Waals surface area contributed by atoms with Crippen molar-refractivity contribution in [2.24, 2.45) is 0 Å². The molecule has 1 aliphatic rings. The summed E-state index contributed by atoms with van der Waals surface area (Å²) in [4.78, 5) is 16.1. The van der Waals surface area contributed by atoms with Gasteiger partial charge in [-0.05, 0) is 39.9 Å². The third kappa shape index (κ3) is 5.50. The van der Waals surface area contributed by atoms with E-state index < -0.39 is 0 Å². The maximum absolute atomic E-state index is 12.1. The van der Waals surface area contributed by atoms with E-state index in [4.69, 9.17) is 0 Å². The number of nitrogens with zero attached hydrogens (tertiary/aromatic N) is 2. The van der Waals surface area contributed by atoms with E-state index in [1.165, 1.54) is 12.8 Å². The van der Waals surface area contributed by atoms with E-state index in [-0.39, 0.29) is 5.91 Å². The van der Waals surface area contributed by atoms with Crippen LogP contribution in [0.25, 0.3) is 0 Å². The van der Waals surface area contributed by atoms with Crippen LogP contribution in [-0.4, -0.2) is 62.0 Å². The van der Waals surface area contributed by atoms with E-state index in [2.05, 4.69) is 12.2 Å². The zero-order chi connectivity index (χ0) is 12.7. The first-order chi connectivity index (χ1) is 8.13. The summed E-state index contributed by atoms with van der Waals surface area (Å²) in [7, 11) is 3.90. The van der Waals surface area contributed by atoms with Crippen LogP contribution in [0.4, 0.5) is 0 Å². The van der Waals surface area contributed by atoms with Crippen molar-refractivity contribution in [3.8, 4) is 0 Å². The lowest BCUT2D eigenvalue weighted by atomic mass is 10.2. The number of carbonyl (C=O) groups excluding carboxylic acids is 1. The highest BCUT2D eigenvalue weighted by Gasteiger charge is 2.21. The fraction of sp³-hybridized carbons (Fsp3) is 0.923. The Morgan fingerprint density at radius 2 is 2.18 bits per heavy atom. The number of unbranched alkanes of at least 4 members (excludes halogenated alkanes) is 1. The Balaban J connectivity index is 2.43. The molecule has 100 valence electrons. The summed E-state index contributed by atoms with van der Waals surface area (Å²) < 4.78 is 0. The van der Waals surface area contributed by atoms with Crippen LogP contribution in [0.1, 0.15) is 32.6 Å². The standard InChI is InChI=1S/C13H27N3O/c1-4-5-9-16(13(17)11-15(2)3)10-12-7-6-8-14-12/h12,14H,4-11H2,1-3H3. The molecular weight excluding hydrogens is 214 g/mol. The quantitative estimate of drug-likeness (QED) is 0.720. The molecule has 1 unspecified atom stereocenters.